The molecule has 0 unspecified atom stereocenters. The van der Waals surface area contributed by atoms with Gasteiger partial charge < -0.3 is 10.4 Å². The first-order chi connectivity index (χ1) is 14.6. The highest BCUT2D eigenvalue weighted by molar-refractivity contribution is 7.09. The molecule has 2 heterocycles. The number of rotatable bonds is 6. The number of hydrogen-bond donors (Lipinski definition) is 2. The zero-order valence-corrected chi connectivity index (χ0v) is 18.1. The van der Waals surface area contributed by atoms with Gasteiger partial charge in [-0.2, -0.15) is 0 Å². The Morgan fingerprint density at radius 1 is 1.17 bits per heavy atom. The van der Waals surface area contributed by atoms with E-state index in [2.05, 4.69) is 15.6 Å². The predicted molar refractivity (Wildman–Crippen MR) is 121 cm³/mol. The molecule has 5 nitrogen and oxygen atoms in total. The van der Waals surface area contributed by atoms with E-state index in [4.69, 9.17) is 16.6 Å². The molecule has 1 fully saturated rings. The number of likely N-dealkylation sites (tertiary alicyclic amines) is 1. The standard InChI is InChI=1S/C23H24ClN3O2S/c24-18-7-5-16(6-8-18)13-22-25-19(15-30-22)14-27-11-9-17(10-12-27)23(29)26-20-3-1-2-4-21(20)28/h1-8,15,17,28H,9-14H2,(H,26,29). The molecule has 1 saturated heterocycles. The molecule has 4 rings (SSSR count). The molecule has 1 amide bonds. The molecule has 0 aliphatic carbocycles. The minimum absolute atomic E-state index is 0.0185. The first-order valence-corrected chi connectivity index (χ1v) is 11.3. The number of nitrogens with zero attached hydrogens (tertiary/aromatic N) is 2. The Bertz CT molecular complexity index is 998. The van der Waals surface area contributed by atoms with Crippen molar-refractivity contribution in [3.63, 3.8) is 0 Å². The van der Waals surface area contributed by atoms with Gasteiger partial charge in [-0.15, -0.1) is 11.3 Å². The van der Waals surface area contributed by atoms with Crippen LogP contribution in [-0.4, -0.2) is 34.0 Å². The van der Waals surface area contributed by atoms with E-state index in [0.29, 0.717) is 5.69 Å². The van der Waals surface area contributed by atoms with Crippen LogP contribution in [0.2, 0.25) is 5.02 Å². The number of anilines is 1. The summed E-state index contributed by atoms with van der Waals surface area (Å²) in [6, 6.07) is 14.7. The molecule has 30 heavy (non-hydrogen) atoms. The molecule has 0 radical (unpaired) electrons. The Hall–Kier alpha value is -2.41. The van der Waals surface area contributed by atoms with Crippen molar-refractivity contribution in [2.45, 2.75) is 25.8 Å². The molecule has 0 spiro atoms. The second-order valence-electron chi connectivity index (χ2n) is 7.59. The van der Waals surface area contributed by atoms with Crippen molar-refractivity contribution in [3.8, 4) is 5.75 Å². The van der Waals surface area contributed by atoms with Crippen molar-refractivity contribution in [1.29, 1.82) is 0 Å². The fourth-order valence-electron chi connectivity index (χ4n) is 3.68. The van der Waals surface area contributed by atoms with Crippen LogP contribution in [0.5, 0.6) is 5.75 Å². The zero-order chi connectivity index (χ0) is 20.9. The molecule has 2 N–H and O–H groups in total. The summed E-state index contributed by atoms with van der Waals surface area (Å²) < 4.78 is 0. The van der Waals surface area contributed by atoms with E-state index < -0.39 is 0 Å². The summed E-state index contributed by atoms with van der Waals surface area (Å²) in [5.41, 5.74) is 2.76. The second kappa shape index (κ2) is 9.60. The van der Waals surface area contributed by atoms with Gasteiger partial charge in [-0.25, -0.2) is 4.98 Å². The maximum Gasteiger partial charge on any atom is 0.227 e. The predicted octanol–water partition coefficient (Wildman–Crippen LogP) is 4.94. The maximum absolute atomic E-state index is 12.5. The Morgan fingerprint density at radius 3 is 2.63 bits per heavy atom. The number of carbonyl (C=O) groups excluding carboxylic acids is 1. The quantitative estimate of drug-likeness (QED) is 0.531. The van der Waals surface area contributed by atoms with E-state index in [1.54, 1.807) is 35.6 Å². The minimum atomic E-state index is -0.0308. The molecular weight excluding hydrogens is 418 g/mol. The van der Waals surface area contributed by atoms with Gasteiger partial charge in [0.25, 0.3) is 0 Å². The molecule has 2 aromatic carbocycles. The SMILES string of the molecule is O=C(Nc1ccccc1O)C1CCN(Cc2csc(Cc3ccc(Cl)cc3)n2)CC1. The van der Waals surface area contributed by atoms with E-state index in [0.717, 1.165) is 54.6 Å². The van der Waals surface area contributed by atoms with Crippen molar-refractivity contribution >= 4 is 34.5 Å². The summed E-state index contributed by atoms with van der Waals surface area (Å²) in [6.45, 7) is 2.54. The number of piperidine rings is 1. The molecule has 1 aliphatic rings. The van der Waals surface area contributed by atoms with Crippen LogP contribution in [0.4, 0.5) is 5.69 Å². The van der Waals surface area contributed by atoms with Crippen LogP contribution < -0.4 is 5.32 Å². The molecule has 1 aromatic heterocycles. The van der Waals surface area contributed by atoms with Crippen LogP contribution in [0, 0.1) is 5.92 Å². The van der Waals surface area contributed by atoms with E-state index >= 15 is 0 Å². The fourth-order valence-corrected chi connectivity index (χ4v) is 4.62. The number of amides is 1. The summed E-state index contributed by atoms with van der Waals surface area (Å²) in [7, 11) is 0. The van der Waals surface area contributed by atoms with E-state index in [-0.39, 0.29) is 17.6 Å². The van der Waals surface area contributed by atoms with Crippen molar-refractivity contribution in [2.75, 3.05) is 18.4 Å². The molecule has 0 atom stereocenters. The lowest BCUT2D eigenvalue weighted by Gasteiger charge is -2.30. The number of phenolic OH excluding ortho intramolecular Hbond substituents is 1. The van der Waals surface area contributed by atoms with Crippen LogP contribution in [0.3, 0.4) is 0 Å². The topological polar surface area (TPSA) is 65.5 Å². The van der Waals surface area contributed by atoms with E-state index in [9.17, 15) is 9.90 Å². The first kappa shape index (κ1) is 20.8. The zero-order valence-electron chi connectivity index (χ0n) is 16.6. The number of benzene rings is 2. The summed E-state index contributed by atoms with van der Waals surface area (Å²) >= 11 is 7.64. The molecule has 156 valence electrons. The van der Waals surface area contributed by atoms with Gasteiger partial charge in [0, 0.05) is 29.3 Å². The smallest absolute Gasteiger partial charge is 0.227 e. The highest BCUT2D eigenvalue weighted by Gasteiger charge is 2.25. The summed E-state index contributed by atoms with van der Waals surface area (Å²) in [6.07, 6.45) is 2.43. The first-order valence-electron chi connectivity index (χ1n) is 10.1. The number of carbonyl (C=O) groups is 1. The largest absolute Gasteiger partial charge is 0.506 e. The molecule has 0 saturated carbocycles. The van der Waals surface area contributed by atoms with Crippen LogP contribution >= 0.6 is 22.9 Å². The average molecular weight is 442 g/mol. The van der Waals surface area contributed by atoms with Crippen molar-refractivity contribution < 1.29 is 9.90 Å². The average Bonchev–Trinajstić information content (AvgIpc) is 3.18. The van der Waals surface area contributed by atoms with Gasteiger partial charge in [0.05, 0.1) is 16.4 Å². The Balaban J connectivity index is 1.26. The van der Waals surface area contributed by atoms with Crippen LogP contribution in [0.15, 0.2) is 53.9 Å². The maximum atomic E-state index is 12.5. The minimum Gasteiger partial charge on any atom is -0.506 e. The van der Waals surface area contributed by atoms with E-state index in [1.807, 2.05) is 24.3 Å². The lowest BCUT2D eigenvalue weighted by Crippen LogP contribution is -2.37. The van der Waals surface area contributed by atoms with Gasteiger partial charge in [-0.05, 0) is 55.8 Å². The van der Waals surface area contributed by atoms with Gasteiger partial charge >= 0.3 is 0 Å². The normalized spacial score (nSPS) is 15.2. The van der Waals surface area contributed by atoms with Gasteiger partial charge in [-0.3, -0.25) is 9.69 Å². The van der Waals surface area contributed by atoms with Gasteiger partial charge in [-0.1, -0.05) is 35.9 Å². The number of aromatic hydroxyl groups is 1. The van der Waals surface area contributed by atoms with Crippen molar-refractivity contribution in [2.24, 2.45) is 5.92 Å². The third-order valence-corrected chi connectivity index (χ3v) is 6.52. The number of phenols is 1. The summed E-state index contributed by atoms with van der Waals surface area (Å²) in [5, 5.41) is 16.7. The van der Waals surface area contributed by atoms with Crippen LogP contribution in [-0.2, 0) is 17.8 Å². The number of hydrogen-bond acceptors (Lipinski definition) is 5. The molecule has 1 aliphatic heterocycles. The number of nitrogens with one attached hydrogen (secondary N) is 1. The van der Waals surface area contributed by atoms with Crippen LogP contribution in [0.25, 0.3) is 0 Å². The van der Waals surface area contributed by atoms with E-state index in [1.165, 1.54) is 5.56 Å². The summed E-state index contributed by atoms with van der Waals surface area (Å²) in [4.78, 5) is 19.7. The lowest BCUT2D eigenvalue weighted by atomic mass is 9.95. The fraction of sp³-hybridized carbons (Fsp3) is 0.304. The highest BCUT2D eigenvalue weighted by atomic mass is 35.5. The van der Waals surface area contributed by atoms with Gasteiger partial charge in [0.2, 0.25) is 5.91 Å². The second-order valence-corrected chi connectivity index (χ2v) is 8.97. The van der Waals surface area contributed by atoms with Crippen molar-refractivity contribution in [3.05, 3.63) is 75.2 Å². The third-order valence-electron chi connectivity index (χ3n) is 5.37. The third kappa shape index (κ3) is 5.39. The molecule has 0 bridgehead atoms. The Labute approximate surface area is 185 Å². The number of aromatic nitrogens is 1. The van der Waals surface area contributed by atoms with Gasteiger partial charge in [0.15, 0.2) is 0 Å². The Morgan fingerprint density at radius 2 is 1.90 bits per heavy atom. The molecular formula is C23H24ClN3O2S. The van der Waals surface area contributed by atoms with Gasteiger partial charge in [0.1, 0.15) is 5.75 Å². The number of thiazole rings is 1. The van der Waals surface area contributed by atoms with Crippen molar-refractivity contribution in [1.82, 2.24) is 9.88 Å². The summed E-state index contributed by atoms with van der Waals surface area (Å²) in [5.74, 6) is 0.0491. The molecule has 7 heteroatoms. The molecule has 3 aromatic rings. The Kier molecular flexibility index (Phi) is 6.67. The lowest BCUT2D eigenvalue weighted by molar-refractivity contribution is -0.121. The van der Waals surface area contributed by atoms with Crippen LogP contribution in [0.1, 0.15) is 29.1 Å². The number of para-hydroxylation sites is 2. The monoisotopic (exact) mass is 441 g/mol. The number of halogens is 1. The highest BCUT2D eigenvalue weighted by Crippen LogP contribution is 2.25.